The molecule has 0 bridgehead atoms. The SMILES string of the molecule is CC[C@@H](N)C(=O)NCC(=O)NCc1ccc([N+](=O)[O-])cc1. The summed E-state index contributed by atoms with van der Waals surface area (Å²) in [6, 6.07) is 5.23. The van der Waals surface area contributed by atoms with Gasteiger partial charge in [0.1, 0.15) is 0 Å². The van der Waals surface area contributed by atoms with Crippen molar-refractivity contribution in [3.05, 3.63) is 39.9 Å². The maximum atomic E-state index is 11.5. The van der Waals surface area contributed by atoms with Crippen molar-refractivity contribution in [3.8, 4) is 0 Å². The highest BCUT2D eigenvalue weighted by atomic mass is 16.6. The number of carbonyl (C=O) groups is 2. The highest BCUT2D eigenvalue weighted by molar-refractivity contribution is 5.87. The quantitative estimate of drug-likeness (QED) is 0.484. The van der Waals surface area contributed by atoms with E-state index < -0.39 is 11.0 Å². The van der Waals surface area contributed by atoms with Gasteiger partial charge < -0.3 is 16.4 Å². The Kier molecular flexibility index (Phi) is 6.28. The van der Waals surface area contributed by atoms with Crippen molar-refractivity contribution >= 4 is 17.5 Å². The molecule has 2 amide bonds. The Morgan fingerprint density at radius 3 is 2.43 bits per heavy atom. The van der Waals surface area contributed by atoms with Crippen LogP contribution in [0.1, 0.15) is 18.9 Å². The summed E-state index contributed by atoms with van der Waals surface area (Å²) >= 11 is 0. The Labute approximate surface area is 121 Å². The third-order valence-corrected chi connectivity index (χ3v) is 2.84. The first-order chi connectivity index (χ1) is 9.93. The molecule has 8 nitrogen and oxygen atoms in total. The fraction of sp³-hybridized carbons (Fsp3) is 0.385. The van der Waals surface area contributed by atoms with Gasteiger partial charge in [-0.05, 0) is 12.0 Å². The summed E-state index contributed by atoms with van der Waals surface area (Å²) < 4.78 is 0. The number of nitrogens with one attached hydrogen (secondary N) is 2. The Morgan fingerprint density at radius 2 is 1.90 bits per heavy atom. The van der Waals surface area contributed by atoms with E-state index in [1.807, 2.05) is 0 Å². The average Bonchev–Trinajstić information content (AvgIpc) is 2.49. The van der Waals surface area contributed by atoms with Gasteiger partial charge in [0.05, 0.1) is 17.5 Å². The zero-order valence-electron chi connectivity index (χ0n) is 11.7. The first-order valence-electron chi connectivity index (χ1n) is 6.47. The summed E-state index contributed by atoms with van der Waals surface area (Å²) in [5.41, 5.74) is 6.23. The molecule has 1 atom stereocenters. The van der Waals surface area contributed by atoms with Crippen molar-refractivity contribution in [2.45, 2.75) is 25.9 Å². The smallest absolute Gasteiger partial charge is 0.269 e. The summed E-state index contributed by atoms with van der Waals surface area (Å²) in [6.45, 7) is 1.85. The second-order valence-electron chi connectivity index (χ2n) is 4.43. The molecule has 8 heteroatoms. The summed E-state index contributed by atoms with van der Waals surface area (Å²) in [5, 5.41) is 15.5. The lowest BCUT2D eigenvalue weighted by Gasteiger charge is -2.10. The van der Waals surface area contributed by atoms with Gasteiger partial charge in [0.15, 0.2) is 0 Å². The lowest BCUT2D eigenvalue weighted by molar-refractivity contribution is -0.384. The summed E-state index contributed by atoms with van der Waals surface area (Å²) in [4.78, 5) is 32.9. The third kappa shape index (κ3) is 5.57. The van der Waals surface area contributed by atoms with Crippen LogP contribution >= 0.6 is 0 Å². The standard InChI is InChI=1S/C13H18N4O4/c1-2-11(14)13(19)16-8-12(18)15-7-9-3-5-10(6-4-9)17(20)21/h3-6,11H,2,7-8,14H2,1H3,(H,15,18)(H,16,19)/t11-/m1/s1. The minimum absolute atomic E-state index is 0.00843. The maximum Gasteiger partial charge on any atom is 0.269 e. The Morgan fingerprint density at radius 1 is 1.29 bits per heavy atom. The van der Waals surface area contributed by atoms with E-state index in [0.717, 1.165) is 5.56 Å². The predicted octanol–water partition coefficient (Wildman–Crippen LogP) is 0.0645. The number of hydrogen-bond donors (Lipinski definition) is 3. The fourth-order valence-electron chi connectivity index (χ4n) is 1.48. The Bertz CT molecular complexity index is 515. The van der Waals surface area contributed by atoms with E-state index in [2.05, 4.69) is 10.6 Å². The van der Waals surface area contributed by atoms with E-state index in [1.165, 1.54) is 12.1 Å². The number of non-ortho nitro benzene ring substituents is 1. The average molecular weight is 294 g/mol. The normalized spacial score (nSPS) is 11.5. The van der Waals surface area contributed by atoms with Crippen LogP contribution in [-0.4, -0.2) is 29.3 Å². The molecule has 0 radical (unpaired) electrons. The van der Waals surface area contributed by atoms with Crippen molar-refractivity contribution in [2.75, 3.05) is 6.54 Å². The maximum absolute atomic E-state index is 11.5. The third-order valence-electron chi connectivity index (χ3n) is 2.84. The van der Waals surface area contributed by atoms with E-state index in [9.17, 15) is 19.7 Å². The van der Waals surface area contributed by atoms with Gasteiger partial charge in [-0.15, -0.1) is 0 Å². The van der Waals surface area contributed by atoms with Crippen molar-refractivity contribution in [2.24, 2.45) is 5.73 Å². The van der Waals surface area contributed by atoms with Crippen LogP contribution in [0, 0.1) is 10.1 Å². The molecule has 0 heterocycles. The molecule has 4 N–H and O–H groups in total. The molecule has 0 aliphatic heterocycles. The molecule has 0 saturated heterocycles. The molecular formula is C13H18N4O4. The Hall–Kier alpha value is -2.48. The molecule has 0 saturated carbocycles. The molecular weight excluding hydrogens is 276 g/mol. The van der Waals surface area contributed by atoms with Crippen LogP contribution < -0.4 is 16.4 Å². The van der Waals surface area contributed by atoms with E-state index in [4.69, 9.17) is 5.73 Å². The first kappa shape index (κ1) is 16.6. The Balaban J connectivity index is 2.36. The van der Waals surface area contributed by atoms with Crippen LogP contribution in [0.3, 0.4) is 0 Å². The lowest BCUT2D eigenvalue weighted by atomic mass is 10.2. The molecule has 0 aromatic heterocycles. The van der Waals surface area contributed by atoms with E-state index >= 15 is 0 Å². The number of carbonyl (C=O) groups excluding carboxylic acids is 2. The summed E-state index contributed by atoms with van der Waals surface area (Å²) in [7, 11) is 0. The summed E-state index contributed by atoms with van der Waals surface area (Å²) in [5.74, 6) is -0.729. The van der Waals surface area contributed by atoms with Crippen LogP contribution in [0.5, 0.6) is 0 Å². The molecule has 1 rings (SSSR count). The zero-order valence-corrected chi connectivity index (χ0v) is 11.7. The number of rotatable bonds is 7. The molecule has 0 aliphatic rings. The molecule has 0 spiro atoms. The molecule has 1 aromatic carbocycles. The molecule has 0 fully saturated rings. The molecule has 0 unspecified atom stereocenters. The number of nitro groups is 1. The fourth-order valence-corrected chi connectivity index (χ4v) is 1.48. The second-order valence-corrected chi connectivity index (χ2v) is 4.43. The molecule has 1 aromatic rings. The van der Waals surface area contributed by atoms with Crippen LogP contribution in [-0.2, 0) is 16.1 Å². The van der Waals surface area contributed by atoms with Gasteiger partial charge in [-0.3, -0.25) is 19.7 Å². The van der Waals surface area contributed by atoms with E-state index in [1.54, 1.807) is 19.1 Å². The van der Waals surface area contributed by atoms with Gasteiger partial charge in [0.25, 0.3) is 5.69 Å². The van der Waals surface area contributed by atoms with Crippen molar-refractivity contribution in [1.29, 1.82) is 0 Å². The van der Waals surface area contributed by atoms with E-state index in [-0.39, 0.29) is 30.6 Å². The van der Waals surface area contributed by atoms with Crippen molar-refractivity contribution in [1.82, 2.24) is 10.6 Å². The van der Waals surface area contributed by atoms with Gasteiger partial charge in [0.2, 0.25) is 11.8 Å². The van der Waals surface area contributed by atoms with Crippen LogP contribution in [0.4, 0.5) is 5.69 Å². The number of nitro benzene ring substituents is 1. The van der Waals surface area contributed by atoms with Gasteiger partial charge in [-0.2, -0.15) is 0 Å². The number of benzene rings is 1. The minimum atomic E-state index is -0.618. The number of nitrogens with two attached hydrogens (primary N) is 1. The minimum Gasteiger partial charge on any atom is -0.350 e. The van der Waals surface area contributed by atoms with Gasteiger partial charge in [0, 0.05) is 18.7 Å². The van der Waals surface area contributed by atoms with E-state index in [0.29, 0.717) is 6.42 Å². The highest BCUT2D eigenvalue weighted by Crippen LogP contribution is 2.11. The van der Waals surface area contributed by atoms with Crippen LogP contribution in [0.2, 0.25) is 0 Å². The summed E-state index contributed by atoms with van der Waals surface area (Å²) in [6.07, 6.45) is 0.496. The number of hydrogen-bond acceptors (Lipinski definition) is 5. The van der Waals surface area contributed by atoms with Gasteiger partial charge >= 0.3 is 0 Å². The lowest BCUT2D eigenvalue weighted by Crippen LogP contribution is -2.44. The molecule has 114 valence electrons. The number of amides is 2. The van der Waals surface area contributed by atoms with Crippen LogP contribution in [0.15, 0.2) is 24.3 Å². The first-order valence-corrected chi connectivity index (χ1v) is 6.47. The topological polar surface area (TPSA) is 127 Å². The predicted molar refractivity (Wildman–Crippen MR) is 76.2 cm³/mol. The van der Waals surface area contributed by atoms with Crippen molar-refractivity contribution in [3.63, 3.8) is 0 Å². The monoisotopic (exact) mass is 294 g/mol. The van der Waals surface area contributed by atoms with Gasteiger partial charge in [-0.25, -0.2) is 0 Å². The second kappa shape index (κ2) is 7.95. The van der Waals surface area contributed by atoms with Crippen molar-refractivity contribution < 1.29 is 14.5 Å². The highest BCUT2D eigenvalue weighted by Gasteiger charge is 2.12. The van der Waals surface area contributed by atoms with Gasteiger partial charge in [-0.1, -0.05) is 19.1 Å². The zero-order chi connectivity index (χ0) is 15.8. The largest absolute Gasteiger partial charge is 0.350 e. The van der Waals surface area contributed by atoms with Crippen LogP contribution in [0.25, 0.3) is 0 Å². The molecule has 0 aliphatic carbocycles. The molecule has 21 heavy (non-hydrogen) atoms. The number of nitrogens with zero attached hydrogens (tertiary/aromatic N) is 1.